The Kier molecular flexibility index (Phi) is 4.11. The maximum atomic E-state index is 5.97. The van der Waals surface area contributed by atoms with E-state index in [4.69, 9.17) is 22.1 Å². The largest absolute Gasteiger partial charge is 0.383 e. The second kappa shape index (κ2) is 5.14. The van der Waals surface area contributed by atoms with Gasteiger partial charge >= 0.3 is 0 Å². The summed E-state index contributed by atoms with van der Waals surface area (Å²) in [6, 6.07) is 0.168. The van der Waals surface area contributed by atoms with Crippen molar-refractivity contribution in [2.75, 3.05) is 31.4 Å². The number of nitrogens with two attached hydrogens (primary N) is 1. The molecule has 5 nitrogen and oxygen atoms in total. The summed E-state index contributed by atoms with van der Waals surface area (Å²) in [6.45, 7) is 2.61. The van der Waals surface area contributed by atoms with E-state index >= 15 is 0 Å². The molecule has 1 heterocycles. The van der Waals surface area contributed by atoms with Gasteiger partial charge in [0.1, 0.15) is 5.02 Å². The van der Waals surface area contributed by atoms with Gasteiger partial charge in [-0.25, -0.2) is 4.98 Å². The molecule has 1 unspecified atom stereocenters. The first-order valence-corrected chi connectivity index (χ1v) is 4.93. The molecule has 1 atom stereocenters. The van der Waals surface area contributed by atoms with Gasteiger partial charge < -0.3 is 15.4 Å². The van der Waals surface area contributed by atoms with Crippen LogP contribution < -0.4 is 10.6 Å². The average Bonchev–Trinajstić information content (AvgIpc) is 2.21. The van der Waals surface area contributed by atoms with Crippen LogP contribution in [-0.2, 0) is 4.74 Å². The van der Waals surface area contributed by atoms with Crippen LogP contribution in [-0.4, -0.2) is 36.8 Å². The zero-order chi connectivity index (χ0) is 11.4. The highest BCUT2D eigenvalue weighted by atomic mass is 35.5. The second-order valence-corrected chi connectivity index (χ2v) is 3.72. The molecule has 1 aromatic rings. The fourth-order valence-corrected chi connectivity index (χ4v) is 1.40. The molecule has 0 saturated heterocycles. The quantitative estimate of drug-likeness (QED) is 0.842. The second-order valence-electron chi connectivity index (χ2n) is 3.32. The SMILES string of the molecule is COCC(C)N(C)c1nc(N)ncc1Cl. The van der Waals surface area contributed by atoms with Crippen molar-refractivity contribution < 1.29 is 4.74 Å². The molecule has 0 amide bonds. The summed E-state index contributed by atoms with van der Waals surface area (Å²) in [5.41, 5.74) is 5.50. The van der Waals surface area contributed by atoms with Gasteiger partial charge in [0, 0.05) is 14.2 Å². The third-order valence-electron chi connectivity index (χ3n) is 2.15. The van der Waals surface area contributed by atoms with Crippen LogP contribution in [0.25, 0.3) is 0 Å². The normalized spacial score (nSPS) is 12.5. The molecule has 0 spiro atoms. The van der Waals surface area contributed by atoms with Gasteiger partial charge in [0.2, 0.25) is 5.95 Å². The lowest BCUT2D eigenvalue weighted by Gasteiger charge is -2.25. The minimum absolute atomic E-state index is 0.168. The number of halogens is 1. The number of anilines is 2. The monoisotopic (exact) mass is 230 g/mol. The van der Waals surface area contributed by atoms with E-state index < -0.39 is 0 Å². The van der Waals surface area contributed by atoms with Crippen molar-refractivity contribution in [2.24, 2.45) is 0 Å². The van der Waals surface area contributed by atoms with Gasteiger partial charge in [-0.05, 0) is 6.92 Å². The van der Waals surface area contributed by atoms with Crippen molar-refractivity contribution in [3.63, 3.8) is 0 Å². The molecule has 1 rings (SSSR count). The molecule has 84 valence electrons. The summed E-state index contributed by atoms with van der Waals surface area (Å²) in [4.78, 5) is 9.79. The van der Waals surface area contributed by atoms with E-state index in [2.05, 4.69) is 9.97 Å². The first kappa shape index (κ1) is 12.0. The molecule has 0 saturated carbocycles. The molecule has 6 heteroatoms. The Hall–Kier alpha value is -1.07. The van der Waals surface area contributed by atoms with Crippen molar-refractivity contribution in [1.29, 1.82) is 0 Å². The molecule has 0 aliphatic rings. The highest BCUT2D eigenvalue weighted by Gasteiger charge is 2.14. The lowest BCUT2D eigenvalue weighted by molar-refractivity contribution is 0.183. The average molecular weight is 231 g/mol. The Morgan fingerprint density at radius 2 is 2.33 bits per heavy atom. The first-order valence-electron chi connectivity index (χ1n) is 4.56. The molecule has 0 aliphatic heterocycles. The number of hydrogen-bond acceptors (Lipinski definition) is 5. The van der Waals surface area contributed by atoms with E-state index in [-0.39, 0.29) is 12.0 Å². The van der Waals surface area contributed by atoms with Gasteiger partial charge in [0.15, 0.2) is 5.82 Å². The molecule has 0 radical (unpaired) electrons. The van der Waals surface area contributed by atoms with Gasteiger partial charge in [-0.2, -0.15) is 4.98 Å². The molecule has 15 heavy (non-hydrogen) atoms. The molecular weight excluding hydrogens is 216 g/mol. The Bertz CT molecular complexity index is 334. The fraction of sp³-hybridized carbons (Fsp3) is 0.556. The number of aromatic nitrogens is 2. The Morgan fingerprint density at radius 1 is 1.67 bits per heavy atom. The smallest absolute Gasteiger partial charge is 0.222 e. The number of nitrogen functional groups attached to an aromatic ring is 1. The van der Waals surface area contributed by atoms with Crippen molar-refractivity contribution in [3.8, 4) is 0 Å². The van der Waals surface area contributed by atoms with Crippen LogP contribution in [0.3, 0.4) is 0 Å². The number of likely N-dealkylation sites (N-methyl/N-ethyl adjacent to an activating group) is 1. The van der Waals surface area contributed by atoms with Gasteiger partial charge in [-0.3, -0.25) is 0 Å². The molecule has 2 N–H and O–H groups in total. The first-order chi connectivity index (χ1) is 7.06. The Balaban J connectivity index is 2.89. The fourth-order valence-electron chi connectivity index (χ4n) is 1.18. The van der Waals surface area contributed by atoms with Gasteiger partial charge in [-0.1, -0.05) is 11.6 Å². The molecule has 0 bridgehead atoms. The summed E-state index contributed by atoms with van der Waals surface area (Å²) < 4.78 is 5.06. The minimum Gasteiger partial charge on any atom is -0.383 e. The van der Waals surface area contributed by atoms with E-state index in [1.54, 1.807) is 7.11 Å². The van der Waals surface area contributed by atoms with Crippen LogP contribution in [0.2, 0.25) is 5.02 Å². The number of hydrogen-bond donors (Lipinski definition) is 1. The van der Waals surface area contributed by atoms with Gasteiger partial charge in [0.05, 0.1) is 18.8 Å². The van der Waals surface area contributed by atoms with Crippen LogP contribution in [0, 0.1) is 0 Å². The topological polar surface area (TPSA) is 64.3 Å². The van der Waals surface area contributed by atoms with E-state index in [1.807, 2.05) is 18.9 Å². The predicted octanol–water partition coefficient (Wildman–Crippen LogP) is 1.18. The summed E-state index contributed by atoms with van der Waals surface area (Å²) in [5, 5.41) is 0.481. The van der Waals surface area contributed by atoms with Crippen molar-refractivity contribution >= 4 is 23.4 Å². The van der Waals surface area contributed by atoms with Crippen LogP contribution >= 0.6 is 11.6 Å². The van der Waals surface area contributed by atoms with Crippen LogP contribution in [0.4, 0.5) is 11.8 Å². The predicted molar refractivity (Wildman–Crippen MR) is 61.2 cm³/mol. The standard InChI is InChI=1S/C9H15ClN4O/c1-6(5-15-3)14(2)8-7(10)4-12-9(11)13-8/h4,6H,5H2,1-3H3,(H2,11,12,13). The van der Waals surface area contributed by atoms with Crippen LogP contribution in [0.1, 0.15) is 6.92 Å². The lowest BCUT2D eigenvalue weighted by atomic mass is 10.3. The van der Waals surface area contributed by atoms with Gasteiger partial charge in [-0.15, -0.1) is 0 Å². The highest BCUT2D eigenvalue weighted by Crippen LogP contribution is 2.23. The highest BCUT2D eigenvalue weighted by molar-refractivity contribution is 6.32. The Labute approximate surface area is 94.2 Å². The van der Waals surface area contributed by atoms with E-state index in [0.717, 1.165) is 0 Å². The van der Waals surface area contributed by atoms with E-state index in [1.165, 1.54) is 6.20 Å². The van der Waals surface area contributed by atoms with Crippen molar-refractivity contribution in [1.82, 2.24) is 9.97 Å². The maximum absolute atomic E-state index is 5.97. The number of ether oxygens (including phenoxy) is 1. The molecule has 0 aromatic carbocycles. The maximum Gasteiger partial charge on any atom is 0.222 e. The lowest BCUT2D eigenvalue weighted by Crippen LogP contribution is -2.33. The summed E-state index contributed by atoms with van der Waals surface area (Å²) >= 11 is 5.97. The van der Waals surface area contributed by atoms with Gasteiger partial charge in [0.25, 0.3) is 0 Å². The van der Waals surface area contributed by atoms with E-state index in [9.17, 15) is 0 Å². The third kappa shape index (κ3) is 2.94. The zero-order valence-electron chi connectivity index (χ0n) is 9.07. The summed E-state index contributed by atoms with van der Waals surface area (Å²) in [6.07, 6.45) is 1.50. The molecule has 0 fully saturated rings. The van der Waals surface area contributed by atoms with Crippen molar-refractivity contribution in [3.05, 3.63) is 11.2 Å². The third-order valence-corrected chi connectivity index (χ3v) is 2.41. The molecular formula is C9H15ClN4O. The Morgan fingerprint density at radius 3 is 2.93 bits per heavy atom. The summed E-state index contributed by atoms with van der Waals surface area (Å²) in [7, 11) is 3.54. The minimum atomic E-state index is 0.168. The number of nitrogens with zero attached hydrogens (tertiary/aromatic N) is 3. The number of methoxy groups -OCH3 is 1. The number of rotatable bonds is 4. The van der Waals surface area contributed by atoms with Crippen LogP contribution in [0.5, 0.6) is 0 Å². The zero-order valence-corrected chi connectivity index (χ0v) is 9.82. The van der Waals surface area contributed by atoms with Crippen LogP contribution in [0.15, 0.2) is 6.20 Å². The molecule has 0 aliphatic carbocycles. The molecule has 1 aromatic heterocycles. The summed E-state index contributed by atoms with van der Waals surface area (Å²) in [5.74, 6) is 0.833. The van der Waals surface area contributed by atoms with E-state index in [0.29, 0.717) is 17.4 Å². The van der Waals surface area contributed by atoms with Crippen molar-refractivity contribution in [2.45, 2.75) is 13.0 Å².